The van der Waals surface area contributed by atoms with Crippen LogP contribution in [0.4, 0.5) is 11.6 Å². The first-order chi connectivity index (χ1) is 13.5. The normalized spacial score (nSPS) is 15.5. The molecule has 4 rings (SSSR count). The number of carbonyl (C=O) groups is 2. The van der Waals surface area contributed by atoms with Crippen molar-refractivity contribution in [2.24, 2.45) is 0 Å². The van der Waals surface area contributed by atoms with Gasteiger partial charge in [0.15, 0.2) is 5.82 Å². The third kappa shape index (κ3) is 3.29. The lowest BCUT2D eigenvalue weighted by Crippen LogP contribution is -2.36. The summed E-state index contributed by atoms with van der Waals surface area (Å²) in [4.78, 5) is 33.4. The average molecular weight is 378 g/mol. The zero-order valence-electron chi connectivity index (χ0n) is 15.3. The summed E-state index contributed by atoms with van der Waals surface area (Å²) in [7, 11) is 1.53. The van der Waals surface area contributed by atoms with Crippen LogP contribution < -0.4 is 15.4 Å². The van der Waals surface area contributed by atoms with Crippen LogP contribution in [0.3, 0.4) is 0 Å². The van der Waals surface area contributed by atoms with E-state index >= 15 is 0 Å². The van der Waals surface area contributed by atoms with Crippen LogP contribution in [0, 0.1) is 6.92 Å². The highest BCUT2D eigenvalue weighted by Crippen LogP contribution is 2.30. The number of methoxy groups -OCH3 is 1. The fourth-order valence-electron chi connectivity index (χ4n) is 3.02. The van der Waals surface area contributed by atoms with Crippen molar-refractivity contribution < 1.29 is 14.3 Å². The standard InChI is InChI=1S/C19H18N6O3/c1-11-5-6-15(28-2)13(8-11)21-18(27)14-9-16(26)22-19-23-17(24-25(14)19)12-4-3-7-20-10-12/h3-8,10,14H,9H2,1-2H3,(H,21,27)(H,22,23,24,26)/t14-/m0/s1. The van der Waals surface area contributed by atoms with Crippen molar-refractivity contribution >= 4 is 23.5 Å². The number of amides is 2. The van der Waals surface area contributed by atoms with Gasteiger partial charge in [0, 0.05) is 18.0 Å². The van der Waals surface area contributed by atoms with Gasteiger partial charge in [0.05, 0.1) is 19.2 Å². The Kier molecular flexibility index (Phi) is 4.48. The SMILES string of the molecule is COc1ccc(C)cc1NC(=O)[C@@H]1CC(=O)Nc2nc(-c3cccnc3)nn21. The molecule has 142 valence electrons. The first kappa shape index (κ1) is 17.7. The third-order valence-corrected chi connectivity index (χ3v) is 4.39. The van der Waals surface area contributed by atoms with Gasteiger partial charge < -0.3 is 10.1 Å². The largest absolute Gasteiger partial charge is 0.495 e. The number of hydrogen-bond acceptors (Lipinski definition) is 6. The number of benzene rings is 1. The van der Waals surface area contributed by atoms with E-state index < -0.39 is 6.04 Å². The Morgan fingerprint density at radius 3 is 2.96 bits per heavy atom. The molecule has 28 heavy (non-hydrogen) atoms. The number of carbonyl (C=O) groups excluding carboxylic acids is 2. The van der Waals surface area contributed by atoms with E-state index in [-0.39, 0.29) is 24.2 Å². The third-order valence-electron chi connectivity index (χ3n) is 4.39. The van der Waals surface area contributed by atoms with Crippen LogP contribution in [-0.2, 0) is 9.59 Å². The monoisotopic (exact) mass is 378 g/mol. The van der Waals surface area contributed by atoms with Gasteiger partial charge in [-0.3, -0.25) is 19.9 Å². The van der Waals surface area contributed by atoms with Crippen LogP contribution in [0.5, 0.6) is 5.75 Å². The summed E-state index contributed by atoms with van der Waals surface area (Å²) in [5.74, 6) is 0.480. The highest BCUT2D eigenvalue weighted by atomic mass is 16.5. The quantitative estimate of drug-likeness (QED) is 0.720. The number of nitrogens with zero attached hydrogens (tertiary/aromatic N) is 4. The lowest BCUT2D eigenvalue weighted by Gasteiger charge is -2.23. The molecule has 1 aromatic carbocycles. The van der Waals surface area contributed by atoms with Gasteiger partial charge in [-0.1, -0.05) is 6.07 Å². The fourth-order valence-corrected chi connectivity index (χ4v) is 3.02. The van der Waals surface area contributed by atoms with Crippen LogP contribution >= 0.6 is 0 Å². The van der Waals surface area contributed by atoms with Gasteiger partial charge in [-0.25, -0.2) is 4.68 Å². The number of pyridine rings is 1. The van der Waals surface area contributed by atoms with Gasteiger partial charge in [0.25, 0.3) is 0 Å². The molecule has 0 spiro atoms. The first-order valence-corrected chi connectivity index (χ1v) is 8.67. The van der Waals surface area contributed by atoms with Crippen molar-refractivity contribution in [3.8, 4) is 17.1 Å². The second-order valence-corrected chi connectivity index (χ2v) is 6.41. The molecule has 9 nitrogen and oxygen atoms in total. The molecule has 0 bridgehead atoms. The maximum absolute atomic E-state index is 13.0. The van der Waals surface area contributed by atoms with Crippen molar-refractivity contribution in [3.63, 3.8) is 0 Å². The summed E-state index contributed by atoms with van der Waals surface area (Å²) in [6.07, 6.45) is 3.23. The molecule has 0 saturated carbocycles. The molecule has 2 N–H and O–H groups in total. The van der Waals surface area contributed by atoms with Gasteiger partial charge in [-0.05, 0) is 36.8 Å². The van der Waals surface area contributed by atoms with Gasteiger partial charge in [-0.15, -0.1) is 5.10 Å². The van der Waals surface area contributed by atoms with Crippen molar-refractivity contribution in [2.75, 3.05) is 17.7 Å². The Morgan fingerprint density at radius 2 is 2.21 bits per heavy atom. The van der Waals surface area contributed by atoms with Crippen LogP contribution in [0.15, 0.2) is 42.7 Å². The molecule has 3 aromatic rings. The zero-order chi connectivity index (χ0) is 19.7. The molecular formula is C19H18N6O3. The number of ether oxygens (including phenoxy) is 1. The van der Waals surface area contributed by atoms with Crippen LogP contribution in [0.2, 0.25) is 0 Å². The molecule has 2 amide bonds. The van der Waals surface area contributed by atoms with E-state index in [1.165, 1.54) is 11.8 Å². The zero-order valence-corrected chi connectivity index (χ0v) is 15.3. The Morgan fingerprint density at radius 1 is 1.36 bits per heavy atom. The number of rotatable bonds is 4. The van der Waals surface area contributed by atoms with E-state index in [0.717, 1.165) is 5.56 Å². The van der Waals surface area contributed by atoms with Crippen molar-refractivity contribution in [1.29, 1.82) is 0 Å². The van der Waals surface area contributed by atoms with Crippen LogP contribution in [0.25, 0.3) is 11.4 Å². The number of nitrogens with one attached hydrogen (secondary N) is 2. The van der Waals surface area contributed by atoms with Crippen molar-refractivity contribution in [1.82, 2.24) is 19.7 Å². The van der Waals surface area contributed by atoms with E-state index in [1.54, 1.807) is 24.5 Å². The van der Waals surface area contributed by atoms with Crippen LogP contribution in [0.1, 0.15) is 18.0 Å². The van der Waals surface area contributed by atoms with Gasteiger partial charge in [0.2, 0.25) is 17.8 Å². The summed E-state index contributed by atoms with van der Waals surface area (Å²) < 4.78 is 6.74. The molecule has 9 heteroatoms. The highest BCUT2D eigenvalue weighted by molar-refractivity contribution is 6.01. The summed E-state index contributed by atoms with van der Waals surface area (Å²) in [5.41, 5.74) is 2.20. The summed E-state index contributed by atoms with van der Waals surface area (Å²) >= 11 is 0. The van der Waals surface area contributed by atoms with Crippen LogP contribution in [-0.4, -0.2) is 38.7 Å². The Balaban J connectivity index is 1.66. The smallest absolute Gasteiger partial charge is 0.250 e. The first-order valence-electron chi connectivity index (χ1n) is 8.67. The molecule has 0 radical (unpaired) electrons. The fraction of sp³-hybridized carbons (Fsp3) is 0.211. The minimum atomic E-state index is -0.827. The maximum atomic E-state index is 13.0. The van der Waals surface area contributed by atoms with Gasteiger partial charge in [0.1, 0.15) is 11.8 Å². The number of hydrogen-bond donors (Lipinski definition) is 2. The van der Waals surface area contributed by atoms with E-state index in [0.29, 0.717) is 22.8 Å². The second kappa shape index (κ2) is 7.10. The summed E-state index contributed by atoms with van der Waals surface area (Å²) in [6, 6.07) is 8.22. The number of fused-ring (bicyclic) bond motifs is 1. The van der Waals surface area contributed by atoms with Crippen molar-refractivity contribution in [3.05, 3.63) is 48.3 Å². The van der Waals surface area contributed by atoms with E-state index in [9.17, 15) is 9.59 Å². The Bertz CT molecular complexity index is 1050. The molecule has 0 fully saturated rings. The maximum Gasteiger partial charge on any atom is 0.250 e. The highest BCUT2D eigenvalue weighted by Gasteiger charge is 2.33. The minimum Gasteiger partial charge on any atom is -0.495 e. The van der Waals surface area contributed by atoms with E-state index in [2.05, 4.69) is 25.7 Å². The molecule has 2 aromatic heterocycles. The van der Waals surface area contributed by atoms with Crippen molar-refractivity contribution in [2.45, 2.75) is 19.4 Å². The molecule has 1 aliphatic heterocycles. The Hall–Kier alpha value is -3.75. The lowest BCUT2D eigenvalue weighted by molar-refractivity contribution is -0.125. The topological polar surface area (TPSA) is 111 Å². The predicted molar refractivity (Wildman–Crippen MR) is 102 cm³/mol. The average Bonchev–Trinajstić information content (AvgIpc) is 3.12. The van der Waals surface area contributed by atoms with Gasteiger partial charge >= 0.3 is 0 Å². The minimum absolute atomic E-state index is 0.0389. The number of anilines is 2. The second-order valence-electron chi connectivity index (χ2n) is 6.41. The van der Waals surface area contributed by atoms with Gasteiger partial charge in [-0.2, -0.15) is 4.98 Å². The molecule has 3 heterocycles. The predicted octanol–water partition coefficient (Wildman–Crippen LogP) is 2.18. The molecule has 1 atom stereocenters. The van der Waals surface area contributed by atoms with E-state index in [1.807, 2.05) is 25.1 Å². The molecule has 0 unspecified atom stereocenters. The Labute approximate surface area is 160 Å². The molecule has 0 saturated heterocycles. The molecule has 0 aliphatic carbocycles. The molecule has 1 aliphatic rings. The lowest BCUT2D eigenvalue weighted by atomic mass is 10.1. The molecular weight excluding hydrogens is 360 g/mol. The van der Waals surface area contributed by atoms with E-state index in [4.69, 9.17) is 4.74 Å². The summed E-state index contributed by atoms with van der Waals surface area (Å²) in [6.45, 7) is 1.92. The summed E-state index contributed by atoms with van der Waals surface area (Å²) in [5, 5.41) is 9.91. The number of aromatic nitrogens is 4. The number of aryl methyl sites for hydroxylation is 1.